The van der Waals surface area contributed by atoms with Gasteiger partial charge >= 0.3 is 0 Å². The number of nitrogens with zero attached hydrogens (tertiary/aromatic N) is 1. The average Bonchev–Trinajstić information content (AvgIpc) is 3.17. The van der Waals surface area contributed by atoms with Crippen LogP contribution in [0.25, 0.3) is 0 Å². The maximum Gasteiger partial charge on any atom is 0.114 e. The highest BCUT2D eigenvalue weighted by Crippen LogP contribution is 2.30. The molecule has 0 aliphatic heterocycles. The average molecular weight is 288 g/mol. The predicted octanol–water partition coefficient (Wildman–Crippen LogP) is 3.44. The second-order valence-corrected chi connectivity index (χ2v) is 6.27. The Hall–Kier alpha value is -1.23. The van der Waals surface area contributed by atoms with Gasteiger partial charge in [0, 0.05) is 24.2 Å². The number of rotatable bonds is 6. The number of aromatic nitrogens is 1. The van der Waals surface area contributed by atoms with Crippen LogP contribution in [-0.4, -0.2) is 18.1 Å². The summed E-state index contributed by atoms with van der Waals surface area (Å²) in [6.45, 7) is 2.70. The molecule has 1 aliphatic rings. The first-order valence-electron chi connectivity index (χ1n) is 7.02. The molecule has 4 heteroatoms. The molecule has 1 heterocycles. The molecule has 1 atom stereocenters. The van der Waals surface area contributed by atoms with Crippen LogP contribution in [0.3, 0.4) is 0 Å². The van der Waals surface area contributed by atoms with Crippen LogP contribution in [0.1, 0.15) is 40.7 Å². The molecule has 1 aromatic heterocycles. The van der Waals surface area contributed by atoms with E-state index in [2.05, 4.69) is 46.9 Å². The number of thiazole rings is 1. The molecule has 1 N–H and O–H groups in total. The lowest BCUT2D eigenvalue weighted by atomic mass is 10.0. The van der Waals surface area contributed by atoms with Gasteiger partial charge in [0.1, 0.15) is 5.01 Å². The molecule has 1 unspecified atom stereocenters. The number of hydrogen-bond acceptors (Lipinski definition) is 4. The molecule has 3 rings (SSSR count). The van der Waals surface area contributed by atoms with Crippen LogP contribution in [0, 0.1) is 6.92 Å². The SMILES string of the molecule is COCc1cccc(C(NC2CC2)c2nc(C)cs2)c1. The number of nitrogens with one attached hydrogen (secondary N) is 1. The van der Waals surface area contributed by atoms with Crippen molar-refractivity contribution in [3.63, 3.8) is 0 Å². The van der Waals surface area contributed by atoms with Crippen LogP contribution in [0.2, 0.25) is 0 Å². The lowest BCUT2D eigenvalue weighted by Crippen LogP contribution is -2.24. The van der Waals surface area contributed by atoms with Gasteiger partial charge in [0.2, 0.25) is 0 Å². The van der Waals surface area contributed by atoms with Gasteiger partial charge in [-0.3, -0.25) is 0 Å². The van der Waals surface area contributed by atoms with Crippen molar-refractivity contribution in [3.8, 4) is 0 Å². The van der Waals surface area contributed by atoms with Gasteiger partial charge in [-0.15, -0.1) is 11.3 Å². The normalized spacial score (nSPS) is 16.3. The second-order valence-electron chi connectivity index (χ2n) is 5.38. The maximum atomic E-state index is 5.23. The Labute approximate surface area is 124 Å². The van der Waals surface area contributed by atoms with E-state index >= 15 is 0 Å². The Balaban J connectivity index is 1.89. The third kappa shape index (κ3) is 3.26. The third-order valence-corrected chi connectivity index (χ3v) is 4.49. The zero-order valence-corrected chi connectivity index (χ0v) is 12.7. The lowest BCUT2D eigenvalue weighted by molar-refractivity contribution is 0.185. The first kappa shape index (κ1) is 13.7. The third-order valence-electron chi connectivity index (χ3n) is 3.46. The van der Waals surface area contributed by atoms with Gasteiger partial charge in [-0.2, -0.15) is 0 Å². The first-order valence-corrected chi connectivity index (χ1v) is 7.90. The van der Waals surface area contributed by atoms with E-state index in [9.17, 15) is 0 Å². The number of methoxy groups -OCH3 is 1. The van der Waals surface area contributed by atoms with E-state index < -0.39 is 0 Å². The highest BCUT2D eigenvalue weighted by molar-refractivity contribution is 7.09. The van der Waals surface area contributed by atoms with Crippen molar-refractivity contribution in [2.45, 2.75) is 38.5 Å². The van der Waals surface area contributed by atoms with Gasteiger partial charge < -0.3 is 10.1 Å². The van der Waals surface area contributed by atoms with Crippen molar-refractivity contribution in [2.24, 2.45) is 0 Å². The first-order chi connectivity index (χ1) is 9.76. The van der Waals surface area contributed by atoms with Gasteiger partial charge in [-0.05, 0) is 30.9 Å². The van der Waals surface area contributed by atoms with E-state index in [1.165, 1.54) is 24.0 Å². The molecule has 1 aliphatic carbocycles. The summed E-state index contributed by atoms with van der Waals surface area (Å²) in [7, 11) is 1.73. The molecule has 0 amide bonds. The van der Waals surface area contributed by atoms with E-state index in [0.29, 0.717) is 12.6 Å². The quantitative estimate of drug-likeness (QED) is 0.884. The summed E-state index contributed by atoms with van der Waals surface area (Å²) < 4.78 is 5.23. The minimum absolute atomic E-state index is 0.206. The molecule has 1 fully saturated rings. The van der Waals surface area contributed by atoms with E-state index in [1.54, 1.807) is 18.4 Å². The molecule has 0 bridgehead atoms. The molecular formula is C16H20N2OS. The smallest absolute Gasteiger partial charge is 0.114 e. The number of ether oxygens (including phenoxy) is 1. The minimum atomic E-state index is 0.206. The number of hydrogen-bond donors (Lipinski definition) is 1. The fourth-order valence-corrected chi connectivity index (χ4v) is 3.21. The highest BCUT2D eigenvalue weighted by atomic mass is 32.1. The van der Waals surface area contributed by atoms with Crippen LogP contribution in [0.5, 0.6) is 0 Å². The number of benzene rings is 1. The summed E-state index contributed by atoms with van der Waals surface area (Å²) in [4.78, 5) is 4.67. The molecule has 20 heavy (non-hydrogen) atoms. The highest BCUT2D eigenvalue weighted by Gasteiger charge is 2.27. The number of aryl methyl sites for hydroxylation is 1. The summed E-state index contributed by atoms with van der Waals surface area (Å²) in [5, 5.41) is 6.99. The predicted molar refractivity (Wildman–Crippen MR) is 82.0 cm³/mol. The Morgan fingerprint density at radius 1 is 1.45 bits per heavy atom. The molecule has 106 valence electrons. The van der Waals surface area contributed by atoms with Crippen LogP contribution in [0.15, 0.2) is 29.6 Å². The Morgan fingerprint density at radius 2 is 2.30 bits per heavy atom. The zero-order valence-electron chi connectivity index (χ0n) is 11.9. The van der Waals surface area contributed by atoms with Crippen molar-refractivity contribution < 1.29 is 4.74 Å². The molecule has 0 saturated heterocycles. The van der Waals surface area contributed by atoms with Crippen LogP contribution in [-0.2, 0) is 11.3 Å². The fraction of sp³-hybridized carbons (Fsp3) is 0.438. The van der Waals surface area contributed by atoms with Crippen LogP contribution < -0.4 is 5.32 Å². The Morgan fingerprint density at radius 3 is 2.95 bits per heavy atom. The molecule has 0 radical (unpaired) electrons. The summed E-state index contributed by atoms with van der Waals surface area (Å²) in [5.74, 6) is 0. The van der Waals surface area contributed by atoms with Crippen molar-refractivity contribution >= 4 is 11.3 Å². The zero-order chi connectivity index (χ0) is 13.9. The van der Waals surface area contributed by atoms with Crippen LogP contribution >= 0.6 is 11.3 Å². The molecule has 0 spiro atoms. The van der Waals surface area contributed by atoms with Gasteiger partial charge in [-0.1, -0.05) is 24.3 Å². The summed E-state index contributed by atoms with van der Waals surface area (Å²) in [5.41, 5.74) is 3.59. The van der Waals surface area contributed by atoms with Gasteiger partial charge in [0.25, 0.3) is 0 Å². The van der Waals surface area contributed by atoms with Crippen molar-refractivity contribution in [3.05, 3.63) is 51.5 Å². The molecule has 2 aromatic rings. The van der Waals surface area contributed by atoms with E-state index in [0.717, 1.165) is 10.7 Å². The monoisotopic (exact) mass is 288 g/mol. The minimum Gasteiger partial charge on any atom is -0.380 e. The van der Waals surface area contributed by atoms with Gasteiger partial charge in [0.15, 0.2) is 0 Å². The van der Waals surface area contributed by atoms with Crippen molar-refractivity contribution in [1.29, 1.82) is 0 Å². The summed E-state index contributed by atoms with van der Waals surface area (Å²) in [6.07, 6.45) is 2.55. The second kappa shape index (κ2) is 6.04. The van der Waals surface area contributed by atoms with E-state index in [4.69, 9.17) is 4.74 Å². The van der Waals surface area contributed by atoms with Crippen molar-refractivity contribution in [2.75, 3.05) is 7.11 Å². The van der Waals surface area contributed by atoms with E-state index in [-0.39, 0.29) is 6.04 Å². The molecule has 1 saturated carbocycles. The fourth-order valence-electron chi connectivity index (χ4n) is 2.33. The van der Waals surface area contributed by atoms with Gasteiger partial charge in [0.05, 0.1) is 12.6 Å². The van der Waals surface area contributed by atoms with Crippen molar-refractivity contribution in [1.82, 2.24) is 10.3 Å². The molecule has 1 aromatic carbocycles. The Bertz CT molecular complexity index is 577. The Kier molecular flexibility index (Phi) is 4.15. The summed E-state index contributed by atoms with van der Waals surface area (Å²) in [6, 6.07) is 9.46. The van der Waals surface area contributed by atoms with Crippen LogP contribution in [0.4, 0.5) is 0 Å². The summed E-state index contributed by atoms with van der Waals surface area (Å²) >= 11 is 1.74. The standard InChI is InChI=1S/C16H20N2OS/c1-11-10-20-16(17-11)15(18-14-6-7-14)13-5-3-4-12(8-13)9-19-2/h3-5,8,10,14-15,18H,6-7,9H2,1-2H3. The van der Waals surface area contributed by atoms with E-state index in [1.807, 2.05) is 0 Å². The van der Waals surface area contributed by atoms with Gasteiger partial charge in [-0.25, -0.2) is 4.98 Å². The topological polar surface area (TPSA) is 34.1 Å². The molecular weight excluding hydrogens is 268 g/mol. The maximum absolute atomic E-state index is 5.23. The molecule has 3 nitrogen and oxygen atoms in total. The lowest BCUT2D eigenvalue weighted by Gasteiger charge is -2.17. The largest absolute Gasteiger partial charge is 0.380 e.